The fraction of sp³-hybridized carbons (Fsp3) is 0.778. The molecule has 0 fully saturated rings. The molecular formula is C27H49NO. The van der Waals surface area contributed by atoms with Crippen LogP contribution in [0.2, 0.25) is 0 Å². The van der Waals surface area contributed by atoms with Crippen LogP contribution in [0.1, 0.15) is 122 Å². The van der Waals surface area contributed by atoms with E-state index in [-0.39, 0.29) is 6.04 Å². The molecule has 0 saturated heterocycles. The smallest absolute Gasteiger partial charge is 0.119 e. The lowest BCUT2D eigenvalue weighted by atomic mass is 10.0. The molecule has 29 heavy (non-hydrogen) atoms. The minimum atomic E-state index is 0.215. The molecule has 0 aliphatic carbocycles. The van der Waals surface area contributed by atoms with E-state index < -0.39 is 0 Å². The van der Waals surface area contributed by atoms with Gasteiger partial charge in [-0.05, 0) is 37.5 Å². The zero-order chi connectivity index (χ0) is 21.0. The summed E-state index contributed by atoms with van der Waals surface area (Å²) in [5.41, 5.74) is 7.12. The van der Waals surface area contributed by atoms with Gasteiger partial charge >= 0.3 is 0 Å². The number of nitrogens with two attached hydrogens (primary N) is 1. The van der Waals surface area contributed by atoms with Crippen molar-refractivity contribution in [1.82, 2.24) is 0 Å². The largest absolute Gasteiger partial charge is 0.494 e. The maximum atomic E-state index is 5.85. The quantitative estimate of drug-likeness (QED) is 0.223. The Morgan fingerprint density at radius 3 is 1.48 bits per heavy atom. The van der Waals surface area contributed by atoms with E-state index in [2.05, 4.69) is 31.2 Å². The Bertz CT molecular complexity index is 454. The standard InChI is InChI=1S/C27H49NO/c1-3-4-5-6-7-8-9-10-11-12-13-14-15-16-17-18-23-29-27-21-19-26(20-22-27)24-25(2)28/h19-22,25H,3-18,23-24,28H2,1-2H3. The highest BCUT2D eigenvalue weighted by Gasteiger charge is 1.99. The summed E-state index contributed by atoms with van der Waals surface area (Å²) in [5.74, 6) is 0.986. The van der Waals surface area contributed by atoms with E-state index >= 15 is 0 Å². The van der Waals surface area contributed by atoms with Gasteiger partial charge in [0.05, 0.1) is 6.61 Å². The average Bonchev–Trinajstić information content (AvgIpc) is 2.71. The van der Waals surface area contributed by atoms with Crippen LogP contribution in [0.4, 0.5) is 0 Å². The molecule has 2 nitrogen and oxygen atoms in total. The number of rotatable bonds is 20. The van der Waals surface area contributed by atoms with Crippen molar-refractivity contribution in [2.24, 2.45) is 5.73 Å². The third-order valence-electron chi connectivity index (χ3n) is 5.75. The molecule has 0 aliphatic heterocycles. The van der Waals surface area contributed by atoms with E-state index in [0.717, 1.165) is 18.8 Å². The van der Waals surface area contributed by atoms with Crippen LogP contribution in [0.3, 0.4) is 0 Å². The first kappa shape index (κ1) is 26.0. The Labute approximate surface area is 182 Å². The number of ether oxygens (including phenoxy) is 1. The predicted molar refractivity (Wildman–Crippen MR) is 129 cm³/mol. The Morgan fingerprint density at radius 1 is 0.655 bits per heavy atom. The highest BCUT2D eigenvalue weighted by atomic mass is 16.5. The second kappa shape index (κ2) is 19.0. The number of hydrogen-bond donors (Lipinski definition) is 1. The first-order valence-corrected chi connectivity index (χ1v) is 12.7. The number of unbranched alkanes of at least 4 members (excludes halogenated alkanes) is 15. The van der Waals surface area contributed by atoms with Gasteiger partial charge in [0, 0.05) is 6.04 Å². The molecule has 0 spiro atoms. The van der Waals surface area contributed by atoms with Crippen LogP contribution in [-0.2, 0) is 6.42 Å². The molecule has 0 aromatic heterocycles. The fourth-order valence-corrected chi connectivity index (χ4v) is 3.93. The first-order valence-electron chi connectivity index (χ1n) is 12.7. The molecule has 0 amide bonds. The van der Waals surface area contributed by atoms with Gasteiger partial charge in [-0.3, -0.25) is 0 Å². The summed E-state index contributed by atoms with van der Waals surface area (Å²) in [6.07, 6.45) is 23.4. The molecule has 1 atom stereocenters. The Hall–Kier alpha value is -1.02. The molecule has 0 saturated carbocycles. The zero-order valence-electron chi connectivity index (χ0n) is 19.6. The lowest BCUT2D eigenvalue weighted by Crippen LogP contribution is -2.17. The molecular weight excluding hydrogens is 354 g/mol. The number of benzene rings is 1. The van der Waals surface area contributed by atoms with Crippen molar-refractivity contribution >= 4 is 0 Å². The van der Waals surface area contributed by atoms with Gasteiger partial charge in [-0.1, -0.05) is 115 Å². The van der Waals surface area contributed by atoms with Crippen LogP contribution in [0.5, 0.6) is 5.75 Å². The van der Waals surface area contributed by atoms with Crippen molar-refractivity contribution in [3.05, 3.63) is 29.8 Å². The lowest BCUT2D eigenvalue weighted by Gasteiger charge is -2.08. The van der Waals surface area contributed by atoms with Gasteiger partial charge in [0.2, 0.25) is 0 Å². The first-order chi connectivity index (χ1) is 14.2. The lowest BCUT2D eigenvalue weighted by molar-refractivity contribution is 0.304. The Morgan fingerprint density at radius 2 is 1.07 bits per heavy atom. The van der Waals surface area contributed by atoms with E-state index in [1.807, 2.05) is 6.92 Å². The summed E-state index contributed by atoms with van der Waals surface area (Å²) >= 11 is 0. The summed E-state index contributed by atoms with van der Waals surface area (Å²) in [4.78, 5) is 0. The summed E-state index contributed by atoms with van der Waals surface area (Å²) in [6, 6.07) is 8.62. The van der Waals surface area contributed by atoms with Crippen LogP contribution in [0.25, 0.3) is 0 Å². The van der Waals surface area contributed by atoms with Crippen LogP contribution in [0.15, 0.2) is 24.3 Å². The molecule has 1 unspecified atom stereocenters. The predicted octanol–water partition coefficient (Wildman–Crippen LogP) is 8.22. The van der Waals surface area contributed by atoms with Crippen molar-refractivity contribution in [2.75, 3.05) is 6.61 Å². The van der Waals surface area contributed by atoms with Crippen molar-refractivity contribution in [1.29, 1.82) is 0 Å². The maximum absolute atomic E-state index is 5.85. The Kier molecular flexibility index (Phi) is 17.0. The van der Waals surface area contributed by atoms with Gasteiger partial charge in [0.15, 0.2) is 0 Å². The second-order valence-corrected chi connectivity index (χ2v) is 8.98. The van der Waals surface area contributed by atoms with Crippen molar-refractivity contribution in [3.63, 3.8) is 0 Å². The molecule has 1 aromatic rings. The molecule has 0 aliphatic rings. The SMILES string of the molecule is CCCCCCCCCCCCCCCCCCOc1ccc(CC(C)N)cc1. The van der Waals surface area contributed by atoms with E-state index in [4.69, 9.17) is 10.5 Å². The van der Waals surface area contributed by atoms with E-state index in [0.29, 0.717) is 0 Å². The molecule has 0 heterocycles. The van der Waals surface area contributed by atoms with Crippen LogP contribution in [0, 0.1) is 0 Å². The Balaban J connectivity index is 1.80. The van der Waals surface area contributed by atoms with Crippen molar-refractivity contribution in [3.8, 4) is 5.75 Å². The fourth-order valence-electron chi connectivity index (χ4n) is 3.93. The minimum Gasteiger partial charge on any atom is -0.494 e. The summed E-state index contributed by atoms with van der Waals surface area (Å²) in [6.45, 7) is 5.17. The minimum absolute atomic E-state index is 0.215. The average molecular weight is 404 g/mol. The molecule has 1 aromatic carbocycles. The molecule has 1 rings (SSSR count). The van der Waals surface area contributed by atoms with E-state index in [9.17, 15) is 0 Å². The summed E-state index contributed by atoms with van der Waals surface area (Å²) in [7, 11) is 0. The van der Waals surface area contributed by atoms with Gasteiger partial charge in [0.25, 0.3) is 0 Å². The van der Waals surface area contributed by atoms with Crippen LogP contribution >= 0.6 is 0 Å². The molecule has 0 radical (unpaired) electrons. The normalized spacial score (nSPS) is 12.2. The highest BCUT2D eigenvalue weighted by molar-refractivity contribution is 5.27. The molecule has 2 N–H and O–H groups in total. The molecule has 168 valence electrons. The zero-order valence-corrected chi connectivity index (χ0v) is 19.6. The maximum Gasteiger partial charge on any atom is 0.119 e. The number of hydrogen-bond acceptors (Lipinski definition) is 2. The van der Waals surface area contributed by atoms with Gasteiger partial charge in [-0.25, -0.2) is 0 Å². The topological polar surface area (TPSA) is 35.2 Å². The van der Waals surface area contributed by atoms with Gasteiger partial charge < -0.3 is 10.5 Å². The van der Waals surface area contributed by atoms with Crippen molar-refractivity contribution in [2.45, 2.75) is 129 Å². The van der Waals surface area contributed by atoms with E-state index in [1.165, 1.54) is 108 Å². The van der Waals surface area contributed by atoms with Gasteiger partial charge in [-0.2, -0.15) is 0 Å². The molecule has 2 heteroatoms. The van der Waals surface area contributed by atoms with Crippen LogP contribution in [-0.4, -0.2) is 12.6 Å². The monoisotopic (exact) mass is 403 g/mol. The van der Waals surface area contributed by atoms with Crippen molar-refractivity contribution < 1.29 is 4.74 Å². The molecule has 0 bridgehead atoms. The van der Waals surface area contributed by atoms with Gasteiger partial charge in [-0.15, -0.1) is 0 Å². The van der Waals surface area contributed by atoms with Gasteiger partial charge in [0.1, 0.15) is 5.75 Å². The summed E-state index contributed by atoms with van der Waals surface area (Å²) in [5, 5.41) is 0. The third-order valence-corrected chi connectivity index (χ3v) is 5.75. The second-order valence-electron chi connectivity index (χ2n) is 8.98. The van der Waals surface area contributed by atoms with Crippen LogP contribution < -0.4 is 10.5 Å². The summed E-state index contributed by atoms with van der Waals surface area (Å²) < 4.78 is 5.85. The highest BCUT2D eigenvalue weighted by Crippen LogP contribution is 2.15. The van der Waals surface area contributed by atoms with E-state index in [1.54, 1.807) is 0 Å². The third kappa shape index (κ3) is 16.5.